The third-order valence-electron chi connectivity index (χ3n) is 26.2. The van der Waals surface area contributed by atoms with Crippen molar-refractivity contribution in [3.63, 3.8) is 0 Å². The lowest BCUT2D eigenvalue weighted by Crippen LogP contribution is -2.10. The van der Waals surface area contributed by atoms with E-state index in [0.717, 1.165) is 116 Å². The molecule has 0 atom stereocenters. The number of benzene rings is 18. The Bertz CT molecular complexity index is 8360. The minimum Gasteiger partial charge on any atom is -0.309 e. The van der Waals surface area contributed by atoms with Crippen LogP contribution in [-0.4, -0.2) is 43.6 Å². The smallest absolute Gasteiger partial charge is 0.0979 e. The fraction of sp³-hybridized carbons (Fsp3) is 0.136. The molecule has 612 valence electrons. The molecule has 0 saturated carbocycles. The van der Waals surface area contributed by atoms with Crippen LogP contribution in [0.2, 0.25) is 0 Å². The zero-order valence-electron chi connectivity index (χ0n) is 73.6. The highest BCUT2D eigenvalue weighted by molar-refractivity contribution is 6.26. The summed E-state index contributed by atoms with van der Waals surface area (Å²) < 4.78 is 7.18. The highest BCUT2D eigenvalue weighted by Gasteiger charge is 2.25. The van der Waals surface area contributed by atoms with Crippen molar-refractivity contribution in [2.75, 3.05) is 0 Å². The van der Waals surface area contributed by atoms with Crippen LogP contribution in [0.5, 0.6) is 0 Å². The van der Waals surface area contributed by atoms with Crippen molar-refractivity contribution >= 4 is 163 Å². The molecule has 6 heterocycles. The van der Waals surface area contributed by atoms with Crippen molar-refractivity contribution in [3.05, 3.63) is 380 Å². The van der Waals surface area contributed by atoms with Gasteiger partial charge in [-0.2, -0.15) is 0 Å². The summed E-state index contributed by atoms with van der Waals surface area (Å²) in [6.45, 7) is 27.1. The minimum absolute atomic E-state index is 0.0639. The van der Waals surface area contributed by atoms with Crippen molar-refractivity contribution in [2.24, 2.45) is 0 Å². The zero-order chi connectivity index (χ0) is 86.4. The standard InChI is InChI=1S/C42H37N3.C40H33N3.C36H25N3/c1-41(2,3)27-18-20-37-34(23-27)35-24-28(42(4,5)6)19-21-38(35)45(37)29-13-11-12-26(22-29)36-25-43-39-32-16-9-7-14-30(32)31-15-8-10-17-33(31)40(39)44-36;1-24(2)26-16-18-37-34(21-26)35-22-27(25(3)4)17-19-38(35)43(37)29-11-9-10-28(20-29)36-23-41-39-32-14-7-5-12-30(32)31-13-6-8-15-33(31)40(39)42-36;1-22-14-16-33-30(18-22)31-19-23(2)15-17-34(31)39(33)25-9-7-8-24(20-25)32-21-37-35-28-12-5-3-10-26(28)27-11-4-6-13-29(27)36(35)38-32/h7-25H,1-6H3;5-25H,1-4H3;3-21H,1-2H3. The largest absolute Gasteiger partial charge is 0.309 e. The van der Waals surface area contributed by atoms with Crippen LogP contribution in [0.1, 0.15) is 114 Å². The molecule has 0 unspecified atom stereocenters. The predicted octanol–water partition coefficient (Wildman–Crippen LogP) is 31.6. The molecule has 0 spiro atoms. The Hall–Kier alpha value is -15.1. The second-order valence-electron chi connectivity index (χ2n) is 37.2. The molecule has 24 rings (SSSR count). The Labute approximate surface area is 738 Å². The first-order chi connectivity index (χ1) is 61.7. The van der Waals surface area contributed by atoms with E-state index in [2.05, 4.69) is 424 Å². The van der Waals surface area contributed by atoms with Crippen LogP contribution in [0.25, 0.3) is 214 Å². The first-order valence-electron chi connectivity index (χ1n) is 44.4. The van der Waals surface area contributed by atoms with Gasteiger partial charge in [0, 0.05) is 98.4 Å². The minimum atomic E-state index is 0.0639. The molecule has 0 saturated heterocycles. The number of fused-ring (bicyclic) bond motifs is 27. The lowest BCUT2D eigenvalue weighted by atomic mass is 9.85. The SMILES string of the molecule is CC(C)(C)c1ccc2c(c1)c1cc(C(C)(C)C)ccc1n2-c1cccc(-c2cnc3c4ccccc4c4ccccc4c3n2)c1.CC(C)c1ccc2c(c1)c1cc(C(C)C)ccc1n2-c1cccc(-c2cnc3c4ccccc4c4ccccc4c3n2)c1.Cc1ccc2c(c1)c1cc(C)ccc1n2-c1cccc(-c2cnc3c4ccccc4c4ccccc4c3n2)c1. The highest BCUT2D eigenvalue weighted by atomic mass is 15.0. The Kier molecular flexibility index (Phi) is 18.7. The first kappa shape index (κ1) is 78.0. The van der Waals surface area contributed by atoms with Gasteiger partial charge >= 0.3 is 0 Å². The fourth-order valence-electron chi connectivity index (χ4n) is 19.5. The van der Waals surface area contributed by atoms with E-state index in [1.807, 2.05) is 18.6 Å². The molecule has 0 aliphatic heterocycles. The van der Waals surface area contributed by atoms with Gasteiger partial charge in [0.15, 0.2) is 0 Å². The lowest BCUT2D eigenvalue weighted by Gasteiger charge is -2.19. The molecule has 0 aliphatic rings. The molecule has 0 bridgehead atoms. The van der Waals surface area contributed by atoms with Crippen LogP contribution in [0.3, 0.4) is 0 Å². The van der Waals surface area contributed by atoms with Crippen molar-refractivity contribution in [1.82, 2.24) is 43.6 Å². The number of nitrogens with zero attached hydrogens (tertiary/aromatic N) is 9. The Morgan fingerprint density at radius 1 is 0.220 bits per heavy atom. The second kappa shape index (κ2) is 30.4. The molecule has 9 nitrogen and oxygen atoms in total. The van der Waals surface area contributed by atoms with Crippen LogP contribution < -0.4 is 0 Å². The summed E-state index contributed by atoms with van der Waals surface area (Å²) >= 11 is 0. The van der Waals surface area contributed by atoms with E-state index in [1.54, 1.807) is 0 Å². The van der Waals surface area contributed by atoms with Crippen molar-refractivity contribution in [1.29, 1.82) is 0 Å². The van der Waals surface area contributed by atoms with Crippen LogP contribution in [0.15, 0.2) is 346 Å². The normalized spacial score (nSPS) is 12.2. The van der Waals surface area contributed by atoms with Gasteiger partial charge in [-0.3, -0.25) is 15.0 Å². The van der Waals surface area contributed by atoms with E-state index in [0.29, 0.717) is 11.8 Å². The van der Waals surface area contributed by atoms with E-state index >= 15 is 0 Å². The Balaban J connectivity index is 0.000000113. The predicted molar refractivity (Wildman–Crippen MR) is 538 cm³/mol. The average Bonchev–Trinajstić information content (AvgIpc) is 1.72. The van der Waals surface area contributed by atoms with Crippen molar-refractivity contribution < 1.29 is 0 Å². The van der Waals surface area contributed by atoms with Gasteiger partial charge < -0.3 is 13.7 Å². The third kappa shape index (κ3) is 13.4. The van der Waals surface area contributed by atoms with Gasteiger partial charge in [-0.25, -0.2) is 15.0 Å². The number of hydrogen-bond acceptors (Lipinski definition) is 6. The molecule has 127 heavy (non-hydrogen) atoms. The van der Waals surface area contributed by atoms with Crippen LogP contribution in [0.4, 0.5) is 0 Å². The van der Waals surface area contributed by atoms with Gasteiger partial charge in [0.1, 0.15) is 0 Å². The summed E-state index contributed by atoms with van der Waals surface area (Å²) in [4.78, 5) is 30.8. The van der Waals surface area contributed by atoms with E-state index in [-0.39, 0.29) is 10.8 Å². The zero-order valence-corrected chi connectivity index (χ0v) is 73.6. The van der Waals surface area contributed by atoms with Crippen molar-refractivity contribution in [3.8, 4) is 50.8 Å². The van der Waals surface area contributed by atoms with E-state index in [9.17, 15) is 0 Å². The third-order valence-corrected chi connectivity index (χ3v) is 26.2. The maximum Gasteiger partial charge on any atom is 0.0979 e. The molecular weight excluding hydrogens is 1540 g/mol. The molecule has 0 amide bonds. The number of rotatable bonds is 8. The summed E-state index contributed by atoms with van der Waals surface area (Å²) in [5.74, 6) is 0.943. The fourth-order valence-corrected chi connectivity index (χ4v) is 19.5. The van der Waals surface area contributed by atoms with Gasteiger partial charge in [0.25, 0.3) is 0 Å². The van der Waals surface area contributed by atoms with E-state index in [4.69, 9.17) is 29.9 Å². The second-order valence-corrected chi connectivity index (χ2v) is 37.2. The maximum atomic E-state index is 5.28. The van der Waals surface area contributed by atoms with Gasteiger partial charge in [-0.1, -0.05) is 299 Å². The molecule has 24 aromatic rings. The summed E-state index contributed by atoms with van der Waals surface area (Å²) in [5, 5.41) is 21.8. The number of aryl methyl sites for hydroxylation is 2. The van der Waals surface area contributed by atoms with Gasteiger partial charge in [-0.05, 0) is 200 Å². The van der Waals surface area contributed by atoms with E-state index < -0.39 is 0 Å². The van der Waals surface area contributed by atoms with E-state index in [1.165, 1.54) is 131 Å². The quantitative estimate of drug-likeness (QED) is 0.141. The molecule has 6 aromatic heterocycles. The number of hydrogen-bond donors (Lipinski definition) is 0. The van der Waals surface area contributed by atoms with Crippen molar-refractivity contribution in [2.45, 2.75) is 106 Å². The Morgan fingerprint density at radius 3 is 0.740 bits per heavy atom. The van der Waals surface area contributed by atoms with Crippen LogP contribution in [-0.2, 0) is 10.8 Å². The molecule has 0 N–H and O–H groups in total. The summed E-state index contributed by atoms with van der Waals surface area (Å²) in [5.41, 5.74) is 30.1. The molecule has 0 aliphatic carbocycles. The van der Waals surface area contributed by atoms with Crippen LogP contribution >= 0.6 is 0 Å². The number of aromatic nitrogens is 9. The van der Waals surface area contributed by atoms with Gasteiger partial charge in [0.2, 0.25) is 0 Å². The average molecular weight is 1640 g/mol. The molecular formula is C118H95N9. The highest BCUT2D eigenvalue weighted by Crippen LogP contribution is 2.45. The first-order valence-corrected chi connectivity index (χ1v) is 44.4. The lowest BCUT2D eigenvalue weighted by molar-refractivity contribution is 0.590. The molecule has 9 heteroatoms. The van der Waals surface area contributed by atoms with Gasteiger partial charge in [0.05, 0.1) is 102 Å². The summed E-state index contributed by atoms with van der Waals surface area (Å²) in [6.07, 6.45) is 5.78. The molecule has 0 fully saturated rings. The molecule has 0 radical (unpaired) electrons. The van der Waals surface area contributed by atoms with Crippen LogP contribution in [0, 0.1) is 13.8 Å². The summed E-state index contributed by atoms with van der Waals surface area (Å²) in [7, 11) is 0. The topological polar surface area (TPSA) is 92.1 Å². The summed E-state index contributed by atoms with van der Waals surface area (Å²) in [6, 6.07) is 119. The van der Waals surface area contributed by atoms with Gasteiger partial charge in [-0.15, -0.1) is 0 Å². The maximum absolute atomic E-state index is 5.28. The monoisotopic (exact) mass is 1640 g/mol. The molecule has 18 aromatic carbocycles. The Morgan fingerprint density at radius 2 is 0.465 bits per heavy atom.